The summed E-state index contributed by atoms with van der Waals surface area (Å²) in [6.45, 7) is 6.03. The Kier molecular flexibility index (Phi) is 4.58. The van der Waals surface area contributed by atoms with Crippen LogP contribution < -0.4 is 5.32 Å². The molecule has 8 heteroatoms. The Hall–Kier alpha value is -1.96. The van der Waals surface area contributed by atoms with Crippen LogP contribution in [0.2, 0.25) is 0 Å². The van der Waals surface area contributed by atoms with E-state index in [-0.39, 0.29) is 30.2 Å². The molecule has 1 aromatic carbocycles. The summed E-state index contributed by atoms with van der Waals surface area (Å²) in [5.74, 6) is 0.207. The minimum atomic E-state index is -3.68. The van der Waals surface area contributed by atoms with Crippen LogP contribution in [0.4, 0.5) is 4.39 Å². The highest BCUT2D eigenvalue weighted by atomic mass is 32.2. The third kappa shape index (κ3) is 3.60. The van der Waals surface area contributed by atoms with Gasteiger partial charge in [-0.15, -0.1) is 4.40 Å². The summed E-state index contributed by atoms with van der Waals surface area (Å²) in [6.07, 6.45) is 0.414. The van der Waals surface area contributed by atoms with Crippen molar-refractivity contribution in [3.63, 3.8) is 0 Å². The second-order valence-corrected chi connectivity index (χ2v) is 9.53. The van der Waals surface area contributed by atoms with Gasteiger partial charge in [-0.1, -0.05) is 32.9 Å². The Morgan fingerprint density at radius 2 is 1.88 bits per heavy atom. The Morgan fingerprint density at radius 1 is 1.27 bits per heavy atom. The SMILES string of the molecule is CC(C)(C)C(=O)NCC1(F)CCN(C2=NS(=O)(=O)c3ccccc32)CC1. The fourth-order valence-electron chi connectivity index (χ4n) is 3.12. The number of hydrogen-bond acceptors (Lipinski definition) is 4. The van der Waals surface area contributed by atoms with Gasteiger partial charge in [0.05, 0.1) is 6.54 Å². The molecule has 2 aliphatic rings. The normalized spacial score (nSPS) is 21.1. The van der Waals surface area contributed by atoms with Crippen molar-refractivity contribution in [2.24, 2.45) is 9.81 Å². The van der Waals surface area contributed by atoms with Gasteiger partial charge in [-0.25, -0.2) is 4.39 Å². The highest BCUT2D eigenvalue weighted by molar-refractivity contribution is 7.90. The first kappa shape index (κ1) is 18.8. The van der Waals surface area contributed by atoms with Gasteiger partial charge in [0.2, 0.25) is 5.91 Å². The van der Waals surface area contributed by atoms with Gasteiger partial charge in [0.1, 0.15) is 10.6 Å². The molecule has 0 atom stereocenters. The lowest BCUT2D eigenvalue weighted by Crippen LogP contribution is -2.51. The van der Waals surface area contributed by atoms with Gasteiger partial charge in [-0.05, 0) is 12.1 Å². The number of fused-ring (bicyclic) bond motifs is 1. The largest absolute Gasteiger partial charge is 0.355 e. The van der Waals surface area contributed by atoms with Gasteiger partial charge in [0.25, 0.3) is 10.0 Å². The molecule has 1 amide bonds. The Labute approximate surface area is 153 Å². The van der Waals surface area contributed by atoms with Crippen LogP contribution in [0.15, 0.2) is 33.6 Å². The fourth-order valence-corrected chi connectivity index (χ4v) is 4.34. The average molecular weight is 381 g/mol. The molecule has 1 aromatic rings. The highest BCUT2D eigenvalue weighted by Crippen LogP contribution is 2.32. The molecule has 6 nitrogen and oxygen atoms in total. The minimum absolute atomic E-state index is 0.0295. The lowest BCUT2D eigenvalue weighted by Gasteiger charge is -2.37. The molecule has 2 heterocycles. The average Bonchev–Trinajstić information content (AvgIpc) is 2.84. The number of nitrogens with one attached hydrogen (secondary N) is 1. The summed E-state index contributed by atoms with van der Waals surface area (Å²) in [5.41, 5.74) is -1.48. The Morgan fingerprint density at radius 3 is 2.50 bits per heavy atom. The zero-order valence-electron chi connectivity index (χ0n) is 15.3. The van der Waals surface area contributed by atoms with E-state index in [2.05, 4.69) is 9.71 Å². The number of alkyl halides is 1. The molecule has 0 saturated carbocycles. The van der Waals surface area contributed by atoms with E-state index in [1.807, 2.05) is 4.90 Å². The molecule has 1 fully saturated rings. The van der Waals surface area contributed by atoms with Crippen molar-refractivity contribution in [3.05, 3.63) is 29.8 Å². The van der Waals surface area contributed by atoms with E-state index in [4.69, 9.17) is 0 Å². The van der Waals surface area contributed by atoms with Crippen LogP contribution in [0.25, 0.3) is 0 Å². The van der Waals surface area contributed by atoms with Crippen LogP contribution in [-0.4, -0.2) is 50.4 Å². The lowest BCUT2D eigenvalue weighted by atomic mass is 9.91. The van der Waals surface area contributed by atoms with E-state index in [0.717, 1.165) is 0 Å². The number of sulfonamides is 1. The van der Waals surface area contributed by atoms with Crippen molar-refractivity contribution >= 4 is 21.8 Å². The summed E-state index contributed by atoms with van der Waals surface area (Å²) in [4.78, 5) is 14.0. The summed E-state index contributed by atoms with van der Waals surface area (Å²) < 4.78 is 43.3. The number of hydrogen-bond donors (Lipinski definition) is 1. The number of amidine groups is 1. The topological polar surface area (TPSA) is 78.8 Å². The highest BCUT2D eigenvalue weighted by Gasteiger charge is 2.39. The van der Waals surface area contributed by atoms with Gasteiger partial charge < -0.3 is 10.2 Å². The van der Waals surface area contributed by atoms with Crippen LogP contribution in [0, 0.1) is 5.41 Å². The second-order valence-electron chi connectivity index (χ2n) is 7.96. The first-order valence-electron chi connectivity index (χ1n) is 8.68. The van der Waals surface area contributed by atoms with E-state index >= 15 is 4.39 Å². The van der Waals surface area contributed by atoms with Gasteiger partial charge in [-0.3, -0.25) is 4.79 Å². The summed E-state index contributed by atoms with van der Waals surface area (Å²) in [6, 6.07) is 6.68. The lowest BCUT2D eigenvalue weighted by molar-refractivity contribution is -0.129. The third-order valence-corrected chi connectivity index (χ3v) is 6.14. The molecule has 0 aromatic heterocycles. The molecule has 0 unspecified atom stereocenters. The first-order valence-corrected chi connectivity index (χ1v) is 10.1. The van der Waals surface area contributed by atoms with E-state index in [1.54, 1.807) is 39.0 Å². The van der Waals surface area contributed by atoms with E-state index in [9.17, 15) is 13.2 Å². The van der Waals surface area contributed by atoms with Crippen LogP contribution in [0.3, 0.4) is 0 Å². The van der Waals surface area contributed by atoms with Crippen LogP contribution in [-0.2, 0) is 14.8 Å². The van der Waals surface area contributed by atoms with Crippen molar-refractivity contribution in [3.8, 4) is 0 Å². The maximum Gasteiger partial charge on any atom is 0.285 e. The predicted octanol–water partition coefficient (Wildman–Crippen LogP) is 2.10. The third-order valence-electron chi connectivity index (χ3n) is 4.82. The number of carbonyl (C=O) groups is 1. The van der Waals surface area contributed by atoms with Gasteiger partial charge in [0.15, 0.2) is 5.84 Å². The van der Waals surface area contributed by atoms with Gasteiger partial charge >= 0.3 is 0 Å². The van der Waals surface area contributed by atoms with Crippen molar-refractivity contribution < 1.29 is 17.6 Å². The van der Waals surface area contributed by atoms with Crippen molar-refractivity contribution in [2.45, 2.75) is 44.2 Å². The minimum Gasteiger partial charge on any atom is -0.355 e. The molecule has 0 radical (unpaired) electrons. The van der Waals surface area contributed by atoms with E-state index < -0.39 is 21.1 Å². The number of carbonyl (C=O) groups excluding carboxylic acids is 1. The fraction of sp³-hybridized carbons (Fsp3) is 0.556. The van der Waals surface area contributed by atoms with Gasteiger partial charge in [0, 0.05) is 36.9 Å². The second kappa shape index (κ2) is 6.33. The number of halogens is 1. The number of amides is 1. The summed E-state index contributed by atoms with van der Waals surface area (Å²) >= 11 is 0. The molecule has 3 rings (SSSR count). The smallest absolute Gasteiger partial charge is 0.285 e. The van der Waals surface area contributed by atoms with Crippen LogP contribution in [0.5, 0.6) is 0 Å². The Balaban J connectivity index is 1.67. The number of nitrogens with zero attached hydrogens (tertiary/aromatic N) is 2. The maximum absolute atomic E-state index is 15.0. The molecule has 1 saturated heterocycles. The van der Waals surface area contributed by atoms with E-state index in [0.29, 0.717) is 24.5 Å². The van der Waals surface area contributed by atoms with Crippen LogP contribution in [0.1, 0.15) is 39.2 Å². The summed E-state index contributed by atoms with van der Waals surface area (Å²) in [7, 11) is -3.68. The Bertz CT molecular complexity index is 851. The molecule has 0 aliphatic carbocycles. The standard InChI is InChI=1S/C18H24FN3O3S/c1-17(2,3)16(23)20-12-18(19)8-10-22(11-9-18)15-13-6-4-5-7-14(13)26(24,25)21-15/h4-7H,8-12H2,1-3H3,(H,20,23). The zero-order valence-corrected chi connectivity index (χ0v) is 16.1. The quantitative estimate of drug-likeness (QED) is 0.851. The molecule has 2 aliphatic heterocycles. The number of piperidine rings is 1. The molecular formula is C18H24FN3O3S. The number of likely N-dealkylation sites (tertiary alicyclic amines) is 1. The van der Waals surface area contributed by atoms with Crippen molar-refractivity contribution in [1.82, 2.24) is 10.2 Å². The molecule has 26 heavy (non-hydrogen) atoms. The van der Waals surface area contributed by atoms with Gasteiger partial charge in [-0.2, -0.15) is 8.42 Å². The zero-order chi connectivity index (χ0) is 19.2. The maximum atomic E-state index is 15.0. The summed E-state index contributed by atoms with van der Waals surface area (Å²) in [5, 5.41) is 2.69. The monoisotopic (exact) mass is 381 g/mol. The van der Waals surface area contributed by atoms with E-state index in [1.165, 1.54) is 6.07 Å². The molecule has 142 valence electrons. The predicted molar refractivity (Wildman–Crippen MR) is 97.3 cm³/mol. The van der Waals surface area contributed by atoms with Crippen molar-refractivity contribution in [2.75, 3.05) is 19.6 Å². The van der Waals surface area contributed by atoms with Crippen molar-refractivity contribution in [1.29, 1.82) is 0 Å². The molecule has 1 N–H and O–H groups in total. The molecule has 0 spiro atoms. The molecular weight excluding hydrogens is 357 g/mol. The molecule has 0 bridgehead atoms. The number of rotatable bonds is 2. The number of benzene rings is 1. The first-order chi connectivity index (χ1) is 12.0. The van der Waals surface area contributed by atoms with Crippen LogP contribution >= 0.6 is 0 Å².